The van der Waals surface area contributed by atoms with Crippen LogP contribution < -0.4 is 36.0 Å². The van der Waals surface area contributed by atoms with E-state index in [9.17, 15) is 14.4 Å². The summed E-state index contributed by atoms with van der Waals surface area (Å²) in [6, 6.07) is 12.1. The van der Waals surface area contributed by atoms with E-state index in [1.54, 1.807) is 31.3 Å². The summed E-state index contributed by atoms with van der Waals surface area (Å²) in [4.78, 5) is 49.0. The summed E-state index contributed by atoms with van der Waals surface area (Å²) >= 11 is 0. The van der Waals surface area contributed by atoms with Gasteiger partial charge in [-0.1, -0.05) is 0 Å². The van der Waals surface area contributed by atoms with Crippen LogP contribution in [0.4, 0.5) is 41.7 Å². The molecule has 3 saturated heterocycles. The second kappa shape index (κ2) is 15.3. The average Bonchev–Trinajstić information content (AvgIpc) is 4.06. The van der Waals surface area contributed by atoms with Crippen molar-refractivity contribution < 1.29 is 27.5 Å². The number of halogens is 3. The van der Waals surface area contributed by atoms with E-state index in [1.807, 2.05) is 11.7 Å². The predicted octanol–water partition coefficient (Wildman–Crippen LogP) is 5.48. The number of rotatable bonds is 8. The lowest BCUT2D eigenvalue weighted by molar-refractivity contribution is -0.134. The molecule has 0 radical (unpaired) electrons. The first-order valence-corrected chi connectivity index (χ1v) is 21.3. The van der Waals surface area contributed by atoms with E-state index in [4.69, 9.17) is 9.84 Å². The number of nitrogens with one attached hydrogen (secondary N) is 3. The van der Waals surface area contributed by atoms with Crippen molar-refractivity contribution in [2.75, 3.05) is 72.9 Å². The summed E-state index contributed by atoms with van der Waals surface area (Å²) in [5.41, 5.74) is 3.87. The number of piperazine rings is 1. The normalized spacial score (nSPS) is 22.4. The van der Waals surface area contributed by atoms with Gasteiger partial charge in [-0.3, -0.25) is 29.3 Å². The zero-order valence-corrected chi connectivity index (χ0v) is 34.2. The minimum absolute atomic E-state index is 0.138. The van der Waals surface area contributed by atoms with Crippen molar-refractivity contribution in [2.45, 2.75) is 56.4 Å². The third-order valence-electron chi connectivity index (χ3n) is 13.4. The third-order valence-corrected chi connectivity index (χ3v) is 13.4. The maximum atomic E-state index is 15.3. The number of carbonyl (C=O) groups is 2. The van der Waals surface area contributed by atoms with E-state index in [0.29, 0.717) is 54.0 Å². The molecule has 320 valence electrons. The van der Waals surface area contributed by atoms with Crippen LogP contribution in [0.3, 0.4) is 0 Å². The van der Waals surface area contributed by atoms with Crippen LogP contribution in [-0.4, -0.2) is 100 Å². The molecule has 10 rings (SSSR count). The van der Waals surface area contributed by atoms with E-state index < -0.39 is 35.9 Å². The fourth-order valence-corrected chi connectivity index (χ4v) is 9.72. The highest BCUT2D eigenvalue weighted by Crippen LogP contribution is 2.46. The van der Waals surface area contributed by atoms with Crippen molar-refractivity contribution in [1.82, 2.24) is 29.5 Å². The summed E-state index contributed by atoms with van der Waals surface area (Å²) in [6.45, 7) is 5.24. The molecular formula is C44H49F3N10O4. The van der Waals surface area contributed by atoms with Crippen LogP contribution in [0.2, 0.25) is 0 Å². The van der Waals surface area contributed by atoms with Crippen molar-refractivity contribution in [2.24, 2.45) is 25.9 Å². The molecule has 0 bridgehead atoms. The number of hydrogen-bond donors (Lipinski definition) is 3. The molecule has 2 aromatic carbocycles. The largest absolute Gasteiger partial charge is 0.480 e. The highest BCUT2D eigenvalue weighted by molar-refractivity contribution is 6.03. The van der Waals surface area contributed by atoms with Crippen molar-refractivity contribution in [3.05, 3.63) is 70.5 Å². The van der Waals surface area contributed by atoms with E-state index in [1.165, 1.54) is 10.8 Å². The molecule has 4 aliphatic heterocycles. The van der Waals surface area contributed by atoms with Gasteiger partial charge in [0.05, 0.1) is 46.3 Å². The fourth-order valence-electron chi connectivity index (χ4n) is 9.72. The van der Waals surface area contributed by atoms with Crippen LogP contribution in [0.15, 0.2) is 53.5 Å². The molecule has 7 heterocycles. The Balaban J connectivity index is 0.763. The maximum Gasteiger partial charge on any atom is 0.301 e. The van der Waals surface area contributed by atoms with Crippen molar-refractivity contribution in [3.63, 3.8) is 0 Å². The summed E-state index contributed by atoms with van der Waals surface area (Å²) < 4.78 is 54.3. The summed E-state index contributed by atoms with van der Waals surface area (Å²) in [5, 5.41) is 14.8. The highest BCUT2D eigenvalue weighted by Gasteiger charge is 2.51. The number of fused-ring (bicyclic) bond motifs is 4. The Hall–Kier alpha value is -5.84. The molecule has 0 spiro atoms. The number of amides is 2. The number of carbonyl (C=O) groups excluding carboxylic acids is 2. The summed E-state index contributed by atoms with van der Waals surface area (Å²) in [6.07, 6.45) is 5.52. The van der Waals surface area contributed by atoms with Crippen LogP contribution >= 0.6 is 0 Å². The van der Waals surface area contributed by atoms with Gasteiger partial charge in [0.15, 0.2) is 12.4 Å². The van der Waals surface area contributed by atoms with Gasteiger partial charge < -0.3 is 29.7 Å². The van der Waals surface area contributed by atoms with Crippen LogP contribution in [0.1, 0.15) is 50.1 Å². The van der Waals surface area contributed by atoms with Gasteiger partial charge in [0.25, 0.3) is 5.56 Å². The first-order chi connectivity index (χ1) is 29.4. The Kier molecular flexibility index (Phi) is 9.83. The highest BCUT2D eigenvalue weighted by atomic mass is 19.3. The molecule has 5 aliphatic rings. The van der Waals surface area contributed by atoms with E-state index >= 15 is 13.2 Å². The number of benzene rings is 2. The van der Waals surface area contributed by atoms with E-state index in [-0.39, 0.29) is 34.9 Å². The number of aryl methyl sites for hydroxylation is 2. The van der Waals surface area contributed by atoms with Crippen molar-refractivity contribution >= 4 is 62.2 Å². The molecule has 3 N–H and O–H groups in total. The standard InChI is InChI=1S/C44H49F3N10O4/c1-53-34-9-5-27(19-31(34)39-40(43(53)60)61-24-44(46,47)41(51-39)26-3-4-26)49-33-21-36(48-22-32(33)45)57-17-15-55(16-18-57)23-25-11-13-56(14-12-25)28-6-7-29-35(20-28)54(2)52-38(29)30-8-10-37(58)50-42(30)59/h5-7,9,19-22,25-26,30,41,51H,3-4,8,10-18,23-24H2,1-2H3,(H,48,49)(H,50,58,59). The van der Waals surface area contributed by atoms with Gasteiger partial charge in [-0.2, -0.15) is 5.10 Å². The number of piperidine rings is 2. The summed E-state index contributed by atoms with van der Waals surface area (Å²) in [7, 11) is 3.48. The van der Waals surface area contributed by atoms with Gasteiger partial charge >= 0.3 is 5.92 Å². The smallest absolute Gasteiger partial charge is 0.301 e. The molecule has 2 amide bonds. The number of anilines is 5. The van der Waals surface area contributed by atoms with Crippen LogP contribution in [-0.2, 0) is 23.7 Å². The zero-order valence-electron chi connectivity index (χ0n) is 34.2. The Labute approximate surface area is 350 Å². The van der Waals surface area contributed by atoms with Gasteiger partial charge in [-0.05, 0) is 80.3 Å². The zero-order chi connectivity index (χ0) is 42.2. The van der Waals surface area contributed by atoms with Crippen molar-refractivity contribution in [3.8, 4) is 5.75 Å². The fraction of sp³-hybridized carbons (Fsp3) is 0.477. The molecule has 61 heavy (non-hydrogen) atoms. The Morgan fingerprint density at radius 1 is 0.885 bits per heavy atom. The lowest BCUT2D eigenvalue weighted by Crippen LogP contribution is -2.49. The molecule has 3 aromatic heterocycles. The lowest BCUT2D eigenvalue weighted by atomic mass is 9.92. The molecule has 14 nitrogen and oxygen atoms in total. The lowest BCUT2D eigenvalue weighted by Gasteiger charge is -2.39. The van der Waals surface area contributed by atoms with Crippen LogP contribution in [0.5, 0.6) is 5.75 Å². The SMILES string of the molecule is Cn1nc(C2CCC(=O)NC2=O)c2ccc(N3CCC(CN4CCN(c5cc(Nc6ccc7c(c6)c6c(c(=O)n7C)OCC(F)(F)C(C7CC7)N6)c(F)cn5)CC4)CC3)cc21. The molecule has 17 heteroatoms. The number of ether oxygens (including phenoxy) is 1. The minimum Gasteiger partial charge on any atom is -0.480 e. The summed E-state index contributed by atoms with van der Waals surface area (Å²) in [5.74, 6) is -3.73. The van der Waals surface area contributed by atoms with Gasteiger partial charge in [0.1, 0.15) is 5.82 Å². The topological polar surface area (TPSA) is 142 Å². The molecule has 1 saturated carbocycles. The molecule has 2 unspecified atom stereocenters. The molecule has 4 fully saturated rings. The maximum absolute atomic E-state index is 15.3. The molecular weight excluding hydrogens is 790 g/mol. The second-order valence-corrected chi connectivity index (χ2v) is 17.4. The molecule has 1 aliphatic carbocycles. The van der Waals surface area contributed by atoms with Gasteiger partial charge in [0, 0.05) is 94.5 Å². The predicted molar refractivity (Wildman–Crippen MR) is 227 cm³/mol. The number of nitrogens with zero attached hydrogens (tertiary/aromatic N) is 7. The quantitative estimate of drug-likeness (QED) is 0.171. The first kappa shape index (κ1) is 39.3. The minimum atomic E-state index is -3.15. The number of imide groups is 1. The molecule has 5 aromatic rings. The van der Waals surface area contributed by atoms with Crippen LogP contribution in [0.25, 0.3) is 21.8 Å². The monoisotopic (exact) mass is 838 g/mol. The molecule has 2 atom stereocenters. The van der Waals surface area contributed by atoms with Gasteiger partial charge in [-0.15, -0.1) is 0 Å². The second-order valence-electron chi connectivity index (χ2n) is 17.4. The Morgan fingerprint density at radius 3 is 2.43 bits per heavy atom. The van der Waals surface area contributed by atoms with E-state index in [2.05, 4.69) is 53.8 Å². The number of alkyl halides is 2. The number of hydrogen-bond acceptors (Lipinski definition) is 11. The third kappa shape index (κ3) is 7.39. The number of pyridine rings is 2. The Morgan fingerprint density at radius 2 is 1.67 bits per heavy atom. The van der Waals surface area contributed by atoms with E-state index in [0.717, 1.165) is 80.9 Å². The van der Waals surface area contributed by atoms with Gasteiger partial charge in [-0.25, -0.2) is 18.2 Å². The first-order valence-electron chi connectivity index (χ1n) is 21.3. The van der Waals surface area contributed by atoms with Crippen LogP contribution in [0, 0.1) is 17.7 Å². The Bertz CT molecular complexity index is 2610. The van der Waals surface area contributed by atoms with Gasteiger partial charge in [0.2, 0.25) is 17.6 Å². The van der Waals surface area contributed by atoms with Crippen molar-refractivity contribution in [1.29, 1.82) is 0 Å². The number of aromatic nitrogens is 4. The average molecular weight is 839 g/mol.